The molecule has 0 aliphatic carbocycles. The third-order valence-corrected chi connectivity index (χ3v) is 5.00. The van der Waals surface area contributed by atoms with Gasteiger partial charge in [0.2, 0.25) is 5.78 Å². The van der Waals surface area contributed by atoms with Crippen LogP contribution in [-0.4, -0.2) is 17.9 Å². The van der Waals surface area contributed by atoms with Gasteiger partial charge in [0.15, 0.2) is 6.17 Å². The van der Waals surface area contributed by atoms with Crippen molar-refractivity contribution in [1.82, 2.24) is 5.32 Å². The van der Waals surface area contributed by atoms with Gasteiger partial charge in [0.1, 0.15) is 0 Å². The highest BCUT2D eigenvalue weighted by Crippen LogP contribution is 2.26. The van der Waals surface area contributed by atoms with E-state index in [-0.39, 0.29) is 11.7 Å². The van der Waals surface area contributed by atoms with Gasteiger partial charge in [0, 0.05) is 10.6 Å². The lowest BCUT2D eigenvalue weighted by Crippen LogP contribution is -2.46. The number of nitrogens with one attached hydrogen (secondary N) is 2. The van der Waals surface area contributed by atoms with Crippen LogP contribution in [0.1, 0.15) is 20.0 Å². The van der Waals surface area contributed by atoms with Crippen LogP contribution in [0, 0.1) is 0 Å². The third-order valence-electron chi connectivity index (χ3n) is 3.57. The Morgan fingerprint density at radius 2 is 1.73 bits per heavy atom. The van der Waals surface area contributed by atoms with Crippen molar-refractivity contribution >= 4 is 51.9 Å². The van der Waals surface area contributed by atoms with Crippen molar-refractivity contribution < 1.29 is 9.59 Å². The van der Waals surface area contributed by atoms with E-state index in [0.717, 1.165) is 0 Å². The molecule has 0 aliphatic heterocycles. The molecule has 0 saturated heterocycles. The van der Waals surface area contributed by atoms with Crippen LogP contribution in [0.15, 0.2) is 66.0 Å². The molecule has 0 fully saturated rings. The minimum atomic E-state index is -0.997. The predicted octanol–water partition coefficient (Wildman–Crippen LogP) is 5.11. The van der Waals surface area contributed by atoms with Crippen LogP contribution in [0.5, 0.6) is 0 Å². The highest BCUT2D eigenvalue weighted by molar-refractivity contribution is 7.12. The first-order chi connectivity index (χ1) is 12.5. The summed E-state index contributed by atoms with van der Waals surface area (Å²) in [6.45, 7) is 0. The molecule has 0 bridgehead atoms. The molecule has 0 radical (unpaired) electrons. The minimum Gasteiger partial charge on any atom is -0.358 e. The van der Waals surface area contributed by atoms with Gasteiger partial charge in [0.05, 0.1) is 15.6 Å². The number of hydrogen-bond donors (Lipinski definition) is 2. The lowest BCUT2D eigenvalue weighted by molar-refractivity contribution is 0.0872. The minimum absolute atomic E-state index is 0.286. The average Bonchev–Trinajstić information content (AvgIpc) is 3.19. The number of carbonyl (C=O) groups excluding carboxylic acids is 2. The van der Waals surface area contributed by atoms with Crippen molar-refractivity contribution in [3.8, 4) is 0 Å². The van der Waals surface area contributed by atoms with Crippen molar-refractivity contribution in [2.45, 2.75) is 6.17 Å². The van der Waals surface area contributed by atoms with Crippen LogP contribution >= 0.6 is 34.5 Å². The number of amides is 1. The van der Waals surface area contributed by atoms with Gasteiger partial charge in [0.25, 0.3) is 5.91 Å². The Bertz CT molecular complexity index is 915. The number of rotatable bonds is 6. The largest absolute Gasteiger partial charge is 0.358 e. The second kappa shape index (κ2) is 8.36. The maximum absolute atomic E-state index is 12.9. The Morgan fingerprint density at radius 3 is 2.42 bits per heavy atom. The molecule has 2 aromatic carbocycles. The maximum Gasteiger partial charge on any atom is 0.263 e. The third kappa shape index (κ3) is 4.43. The fraction of sp³-hybridized carbons (Fsp3) is 0.0526. The summed E-state index contributed by atoms with van der Waals surface area (Å²) in [6, 6.07) is 17.1. The molecule has 0 unspecified atom stereocenters. The van der Waals surface area contributed by atoms with Gasteiger partial charge >= 0.3 is 0 Å². The summed E-state index contributed by atoms with van der Waals surface area (Å²) in [6.07, 6.45) is -0.997. The Morgan fingerprint density at radius 1 is 0.962 bits per heavy atom. The number of benzene rings is 2. The summed E-state index contributed by atoms with van der Waals surface area (Å²) in [5, 5.41) is 8.36. The Hall–Kier alpha value is -2.34. The molecule has 7 heteroatoms. The molecule has 1 amide bonds. The van der Waals surface area contributed by atoms with Gasteiger partial charge in [-0.05, 0) is 29.6 Å². The summed E-state index contributed by atoms with van der Waals surface area (Å²) in [7, 11) is 0. The topological polar surface area (TPSA) is 58.2 Å². The van der Waals surface area contributed by atoms with E-state index in [1.807, 2.05) is 6.07 Å². The number of anilines is 1. The zero-order valence-corrected chi connectivity index (χ0v) is 15.7. The molecule has 3 aromatic rings. The van der Waals surface area contributed by atoms with Crippen molar-refractivity contribution in [2.75, 3.05) is 5.32 Å². The van der Waals surface area contributed by atoms with Crippen LogP contribution in [0.3, 0.4) is 0 Å². The number of Topliss-reactive ketones (excluding diaryl/α,β-unsaturated/α-hetero) is 1. The molecule has 0 spiro atoms. The number of carbonyl (C=O) groups is 2. The second-order valence-electron chi connectivity index (χ2n) is 5.38. The molecule has 1 aromatic heterocycles. The lowest BCUT2D eigenvalue weighted by atomic mass is 10.1. The number of ketones is 1. The van der Waals surface area contributed by atoms with Crippen LogP contribution in [0.2, 0.25) is 10.0 Å². The van der Waals surface area contributed by atoms with Crippen molar-refractivity contribution in [3.05, 3.63) is 86.5 Å². The highest BCUT2D eigenvalue weighted by Gasteiger charge is 2.23. The van der Waals surface area contributed by atoms with Gasteiger partial charge in [-0.3, -0.25) is 9.59 Å². The molecule has 26 heavy (non-hydrogen) atoms. The molecule has 3 rings (SSSR count). The van der Waals surface area contributed by atoms with E-state index in [9.17, 15) is 9.59 Å². The fourth-order valence-corrected chi connectivity index (χ4v) is 3.28. The van der Waals surface area contributed by atoms with Gasteiger partial charge < -0.3 is 10.6 Å². The molecule has 0 saturated carbocycles. The molecular weight excluding hydrogens is 391 g/mol. The maximum atomic E-state index is 12.9. The predicted molar refractivity (Wildman–Crippen MR) is 106 cm³/mol. The highest BCUT2D eigenvalue weighted by atomic mass is 35.5. The van der Waals surface area contributed by atoms with E-state index in [0.29, 0.717) is 26.2 Å². The van der Waals surface area contributed by atoms with Crippen LogP contribution in [0.25, 0.3) is 0 Å². The van der Waals surface area contributed by atoms with Crippen LogP contribution in [0.4, 0.5) is 5.69 Å². The van der Waals surface area contributed by atoms with E-state index in [2.05, 4.69) is 10.6 Å². The SMILES string of the molecule is O=C(N[C@@H](Nc1cc(Cl)ccc1Cl)C(=O)c1ccccc1)c1cccs1. The standard InChI is InChI=1S/C19H14Cl2N2O2S/c20-13-8-9-14(21)15(11-13)22-18(17(24)12-5-2-1-3-6-12)23-19(25)16-7-4-10-26-16/h1-11,18,22H,(H,23,25)/t18-/m1/s1. The summed E-state index contributed by atoms with van der Waals surface area (Å²) >= 11 is 13.5. The quantitative estimate of drug-likeness (QED) is 0.443. The van der Waals surface area contributed by atoms with E-state index >= 15 is 0 Å². The summed E-state index contributed by atoms with van der Waals surface area (Å²) in [5.41, 5.74) is 0.926. The number of thiophene rings is 1. The molecule has 4 nitrogen and oxygen atoms in total. The van der Waals surface area contributed by atoms with Crippen molar-refractivity contribution in [1.29, 1.82) is 0 Å². The second-order valence-corrected chi connectivity index (χ2v) is 7.17. The fourth-order valence-electron chi connectivity index (χ4n) is 2.31. The van der Waals surface area contributed by atoms with Crippen LogP contribution < -0.4 is 10.6 Å². The summed E-state index contributed by atoms with van der Waals surface area (Å²) < 4.78 is 0. The number of hydrogen-bond acceptors (Lipinski definition) is 4. The first-order valence-electron chi connectivity index (χ1n) is 7.70. The monoisotopic (exact) mass is 404 g/mol. The average molecular weight is 405 g/mol. The molecular formula is C19H14Cl2N2O2S. The van der Waals surface area contributed by atoms with E-state index in [4.69, 9.17) is 23.2 Å². The first kappa shape index (κ1) is 18.5. The molecule has 132 valence electrons. The smallest absolute Gasteiger partial charge is 0.263 e. The van der Waals surface area contributed by atoms with Crippen molar-refractivity contribution in [2.24, 2.45) is 0 Å². The van der Waals surface area contributed by atoms with E-state index < -0.39 is 6.17 Å². The molecule has 1 atom stereocenters. The molecule has 2 N–H and O–H groups in total. The normalized spacial score (nSPS) is 11.6. The van der Waals surface area contributed by atoms with E-state index in [1.165, 1.54) is 11.3 Å². The van der Waals surface area contributed by atoms with Gasteiger partial charge in [-0.15, -0.1) is 11.3 Å². The summed E-state index contributed by atoms with van der Waals surface area (Å²) in [4.78, 5) is 25.9. The zero-order valence-electron chi connectivity index (χ0n) is 13.4. The van der Waals surface area contributed by atoms with Gasteiger partial charge in [-0.2, -0.15) is 0 Å². The lowest BCUT2D eigenvalue weighted by Gasteiger charge is -2.21. The number of halogens is 2. The van der Waals surface area contributed by atoms with Crippen LogP contribution in [-0.2, 0) is 0 Å². The van der Waals surface area contributed by atoms with Gasteiger partial charge in [-0.1, -0.05) is 59.6 Å². The zero-order chi connectivity index (χ0) is 18.5. The Balaban J connectivity index is 1.89. The first-order valence-corrected chi connectivity index (χ1v) is 9.33. The Labute approximate surface area is 164 Å². The van der Waals surface area contributed by atoms with Gasteiger partial charge in [-0.25, -0.2) is 0 Å². The molecule has 0 aliphatic rings. The van der Waals surface area contributed by atoms with E-state index in [1.54, 1.807) is 60.0 Å². The summed E-state index contributed by atoms with van der Waals surface area (Å²) in [5.74, 6) is -0.633. The Kier molecular flexibility index (Phi) is 5.93. The van der Waals surface area contributed by atoms with Crippen molar-refractivity contribution in [3.63, 3.8) is 0 Å². The molecule has 1 heterocycles.